The first-order valence-corrected chi connectivity index (χ1v) is 9.41. The van der Waals surface area contributed by atoms with E-state index in [1.165, 1.54) is 36.1 Å². The highest BCUT2D eigenvalue weighted by atomic mass is 16.6. The van der Waals surface area contributed by atoms with Crippen molar-refractivity contribution in [2.75, 3.05) is 14.2 Å². The summed E-state index contributed by atoms with van der Waals surface area (Å²) in [5.74, 6) is 0.116. The number of hydrogen-bond acceptors (Lipinski definition) is 7. The number of nitrogens with one attached hydrogen (secondary N) is 1. The van der Waals surface area contributed by atoms with Crippen LogP contribution in [0, 0.1) is 10.1 Å². The summed E-state index contributed by atoms with van der Waals surface area (Å²) >= 11 is 0. The third kappa shape index (κ3) is 5.17. The number of aromatic nitrogens is 1. The van der Waals surface area contributed by atoms with Crippen molar-refractivity contribution in [3.05, 3.63) is 98.0 Å². The molecular formula is C22H20N4O6. The fraction of sp³-hybridized carbons (Fsp3) is 0.136. The monoisotopic (exact) mass is 436 g/mol. The summed E-state index contributed by atoms with van der Waals surface area (Å²) in [4.78, 5) is 35.7. The summed E-state index contributed by atoms with van der Waals surface area (Å²) < 4.78 is 11.5. The van der Waals surface area contributed by atoms with E-state index in [2.05, 4.69) is 10.5 Å². The zero-order valence-corrected chi connectivity index (χ0v) is 17.3. The molecule has 0 saturated heterocycles. The van der Waals surface area contributed by atoms with Crippen LogP contribution in [0.1, 0.15) is 21.5 Å². The maximum Gasteiger partial charge on any atom is 0.311 e. The molecule has 1 heterocycles. The second-order valence-corrected chi connectivity index (χ2v) is 6.59. The van der Waals surface area contributed by atoms with Crippen LogP contribution in [0.5, 0.6) is 11.5 Å². The smallest absolute Gasteiger partial charge is 0.311 e. The van der Waals surface area contributed by atoms with Gasteiger partial charge >= 0.3 is 5.69 Å². The van der Waals surface area contributed by atoms with Gasteiger partial charge in [0.15, 0.2) is 5.75 Å². The molecule has 1 aromatic heterocycles. The summed E-state index contributed by atoms with van der Waals surface area (Å²) in [6, 6.07) is 14.5. The van der Waals surface area contributed by atoms with Crippen molar-refractivity contribution in [3.63, 3.8) is 0 Å². The van der Waals surface area contributed by atoms with Crippen LogP contribution in [0.25, 0.3) is 0 Å². The van der Waals surface area contributed by atoms with Gasteiger partial charge < -0.3 is 14.0 Å². The standard InChI is InChI=1S/C22H20N4O6/c1-31-17-8-5-15(6-9-17)14-25-11-3-4-18(22(25)28)21(27)24-23-13-16-7-10-20(32-2)19(12-16)26(29)30/h3-13H,14H2,1-2H3,(H,24,27)/b23-13-. The highest BCUT2D eigenvalue weighted by molar-refractivity contribution is 5.94. The molecule has 164 valence electrons. The Hall–Kier alpha value is -4.47. The van der Waals surface area contributed by atoms with Crippen LogP contribution in [0.4, 0.5) is 5.69 Å². The quantitative estimate of drug-likeness (QED) is 0.329. The van der Waals surface area contributed by atoms with Crippen LogP contribution in [-0.4, -0.2) is 35.8 Å². The highest BCUT2D eigenvalue weighted by Crippen LogP contribution is 2.26. The second-order valence-electron chi connectivity index (χ2n) is 6.59. The Bertz CT molecular complexity index is 1220. The maximum absolute atomic E-state index is 12.7. The minimum absolute atomic E-state index is 0.0844. The predicted octanol–water partition coefficient (Wildman–Crippen LogP) is 2.59. The lowest BCUT2D eigenvalue weighted by Gasteiger charge is -2.08. The normalized spacial score (nSPS) is 10.7. The van der Waals surface area contributed by atoms with Crippen molar-refractivity contribution in [2.24, 2.45) is 5.10 Å². The minimum atomic E-state index is -0.696. The Morgan fingerprint density at radius 1 is 1.16 bits per heavy atom. The molecular weight excluding hydrogens is 416 g/mol. The molecule has 0 bridgehead atoms. The van der Waals surface area contributed by atoms with Crippen LogP contribution in [0.15, 0.2) is 70.7 Å². The van der Waals surface area contributed by atoms with Crippen LogP contribution in [-0.2, 0) is 6.54 Å². The molecule has 0 aliphatic rings. The molecule has 0 saturated carbocycles. The van der Waals surface area contributed by atoms with Crippen molar-refractivity contribution in [1.29, 1.82) is 0 Å². The lowest BCUT2D eigenvalue weighted by atomic mass is 10.2. The molecule has 10 nitrogen and oxygen atoms in total. The first kappa shape index (κ1) is 22.2. The number of methoxy groups -OCH3 is 2. The third-order valence-electron chi connectivity index (χ3n) is 4.56. The number of carbonyl (C=O) groups excluding carboxylic acids is 1. The molecule has 10 heteroatoms. The van der Waals surface area contributed by atoms with Gasteiger partial charge in [0.05, 0.1) is 31.9 Å². The Balaban J connectivity index is 1.73. The van der Waals surface area contributed by atoms with E-state index < -0.39 is 16.4 Å². The van der Waals surface area contributed by atoms with Crippen LogP contribution < -0.4 is 20.5 Å². The number of rotatable bonds is 8. The van der Waals surface area contributed by atoms with Gasteiger partial charge in [-0.2, -0.15) is 5.10 Å². The van der Waals surface area contributed by atoms with Crippen LogP contribution >= 0.6 is 0 Å². The van der Waals surface area contributed by atoms with E-state index in [4.69, 9.17) is 9.47 Å². The SMILES string of the molecule is COc1ccc(Cn2cccc(C(=O)N/N=C\c3ccc(OC)c([N+](=O)[O-])c3)c2=O)cc1. The van der Waals surface area contributed by atoms with Gasteiger partial charge in [-0.15, -0.1) is 0 Å². The van der Waals surface area contributed by atoms with Crippen molar-refractivity contribution < 1.29 is 19.2 Å². The Morgan fingerprint density at radius 2 is 1.91 bits per heavy atom. The molecule has 2 aromatic carbocycles. The molecule has 0 spiro atoms. The molecule has 3 aromatic rings. The number of carbonyl (C=O) groups is 1. The van der Waals surface area contributed by atoms with E-state index in [-0.39, 0.29) is 23.5 Å². The molecule has 0 unspecified atom stereocenters. The molecule has 0 fully saturated rings. The topological polar surface area (TPSA) is 125 Å². The summed E-state index contributed by atoms with van der Waals surface area (Å²) in [6.45, 7) is 0.280. The molecule has 3 rings (SSSR count). The second kappa shape index (κ2) is 10.0. The zero-order valence-electron chi connectivity index (χ0n) is 17.3. The van der Waals surface area contributed by atoms with Gasteiger partial charge in [-0.05, 0) is 42.0 Å². The number of nitrogens with zero attached hydrogens (tertiary/aromatic N) is 3. The number of nitro benzene ring substituents is 1. The molecule has 0 aliphatic carbocycles. The van der Waals surface area contributed by atoms with Gasteiger partial charge in [0.1, 0.15) is 11.3 Å². The zero-order chi connectivity index (χ0) is 23.1. The highest BCUT2D eigenvalue weighted by Gasteiger charge is 2.15. The van der Waals surface area contributed by atoms with Crippen molar-refractivity contribution >= 4 is 17.8 Å². The molecule has 0 radical (unpaired) electrons. The summed E-state index contributed by atoms with van der Waals surface area (Å²) in [6.07, 6.45) is 2.83. The fourth-order valence-corrected chi connectivity index (χ4v) is 2.92. The van der Waals surface area contributed by atoms with E-state index in [1.807, 2.05) is 12.1 Å². The summed E-state index contributed by atoms with van der Waals surface area (Å²) in [5, 5.41) is 14.9. The Morgan fingerprint density at radius 3 is 2.56 bits per heavy atom. The first-order chi connectivity index (χ1) is 15.4. The Kier molecular flexibility index (Phi) is 6.96. The lowest BCUT2D eigenvalue weighted by molar-refractivity contribution is -0.385. The van der Waals surface area contributed by atoms with Gasteiger partial charge in [-0.3, -0.25) is 19.7 Å². The predicted molar refractivity (Wildman–Crippen MR) is 118 cm³/mol. The minimum Gasteiger partial charge on any atom is -0.497 e. The first-order valence-electron chi connectivity index (χ1n) is 9.41. The van der Waals surface area contributed by atoms with E-state index in [1.54, 1.807) is 37.6 Å². The van der Waals surface area contributed by atoms with Crippen molar-refractivity contribution in [1.82, 2.24) is 9.99 Å². The molecule has 32 heavy (non-hydrogen) atoms. The molecule has 0 aliphatic heterocycles. The summed E-state index contributed by atoms with van der Waals surface area (Å²) in [5.41, 5.74) is 2.72. The lowest BCUT2D eigenvalue weighted by Crippen LogP contribution is -2.30. The van der Waals surface area contributed by atoms with E-state index >= 15 is 0 Å². The van der Waals surface area contributed by atoms with Gasteiger partial charge in [-0.1, -0.05) is 12.1 Å². The number of hydrogen-bond donors (Lipinski definition) is 1. The molecule has 1 amide bonds. The Labute approximate surface area is 182 Å². The van der Waals surface area contributed by atoms with Crippen LogP contribution in [0.2, 0.25) is 0 Å². The van der Waals surface area contributed by atoms with E-state index in [0.717, 1.165) is 5.56 Å². The third-order valence-corrected chi connectivity index (χ3v) is 4.56. The average Bonchev–Trinajstić information content (AvgIpc) is 2.80. The molecule has 1 N–H and O–H groups in total. The number of hydrazone groups is 1. The number of benzene rings is 2. The van der Waals surface area contributed by atoms with E-state index in [9.17, 15) is 19.7 Å². The fourth-order valence-electron chi connectivity index (χ4n) is 2.92. The van der Waals surface area contributed by atoms with Crippen LogP contribution in [0.3, 0.4) is 0 Å². The van der Waals surface area contributed by atoms with Gasteiger partial charge in [0, 0.05) is 17.8 Å². The average molecular weight is 436 g/mol. The van der Waals surface area contributed by atoms with Gasteiger partial charge in [-0.25, -0.2) is 5.43 Å². The van der Waals surface area contributed by atoms with E-state index in [0.29, 0.717) is 11.3 Å². The number of ether oxygens (including phenoxy) is 2. The van der Waals surface area contributed by atoms with Gasteiger partial charge in [0.2, 0.25) is 0 Å². The van der Waals surface area contributed by atoms with Crippen molar-refractivity contribution in [3.8, 4) is 11.5 Å². The largest absolute Gasteiger partial charge is 0.497 e. The summed E-state index contributed by atoms with van der Waals surface area (Å²) in [7, 11) is 2.90. The molecule has 0 atom stereocenters. The maximum atomic E-state index is 12.7. The van der Waals surface area contributed by atoms with Gasteiger partial charge in [0.25, 0.3) is 11.5 Å². The number of pyridine rings is 1. The van der Waals surface area contributed by atoms with Crippen molar-refractivity contribution in [2.45, 2.75) is 6.54 Å². The number of amides is 1. The number of nitro groups is 1.